The Kier molecular flexibility index (Phi) is 2.04. The lowest BCUT2D eigenvalue weighted by atomic mass is 9.98. The van der Waals surface area contributed by atoms with Gasteiger partial charge in [-0.05, 0) is 0 Å². The molecule has 0 aromatic rings. The minimum absolute atomic E-state index is 0.0935. The standard InChI is InChI=1S/C8H12F2O2/c1-4-2-11-7-5(8(9)10)3-12-6(4)7/h4-8H,2-3H2,1H3/t4-,5-,6-,7-/m1/s1. The molecule has 0 radical (unpaired) electrons. The molecule has 2 aliphatic rings. The van der Waals surface area contributed by atoms with E-state index in [1.54, 1.807) is 0 Å². The molecule has 0 spiro atoms. The molecule has 4 heteroatoms. The van der Waals surface area contributed by atoms with E-state index in [0.717, 1.165) is 0 Å². The van der Waals surface area contributed by atoms with E-state index in [0.29, 0.717) is 6.61 Å². The summed E-state index contributed by atoms with van der Waals surface area (Å²) in [6.07, 6.45) is -2.77. The van der Waals surface area contributed by atoms with Crippen LogP contribution >= 0.6 is 0 Å². The average Bonchev–Trinajstić information content (AvgIpc) is 2.53. The third kappa shape index (κ3) is 1.13. The first-order valence-corrected chi connectivity index (χ1v) is 4.21. The van der Waals surface area contributed by atoms with Crippen molar-refractivity contribution in [1.29, 1.82) is 0 Å². The van der Waals surface area contributed by atoms with Gasteiger partial charge >= 0.3 is 0 Å². The molecular formula is C8H12F2O2. The summed E-state index contributed by atoms with van der Waals surface area (Å²) in [6.45, 7) is 2.68. The van der Waals surface area contributed by atoms with Gasteiger partial charge in [0.2, 0.25) is 6.43 Å². The highest BCUT2D eigenvalue weighted by molar-refractivity contribution is 4.93. The summed E-state index contributed by atoms with van der Waals surface area (Å²) >= 11 is 0. The molecular weight excluding hydrogens is 166 g/mol. The topological polar surface area (TPSA) is 18.5 Å². The van der Waals surface area contributed by atoms with Gasteiger partial charge in [-0.15, -0.1) is 0 Å². The molecule has 70 valence electrons. The zero-order valence-electron chi connectivity index (χ0n) is 6.87. The van der Waals surface area contributed by atoms with Crippen LogP contribution in [0.3, 0.4) is 0 Å². The van der Waals surface area contributed by atoms with Crippen molar-refractivity contribution < 1.29 is 18.3 Å². The van der Waals surface area contributed by atoms with E-state index in [1.807, 2.05) is 6.92 Å². The number of ether oxygens (including phenoxy) is 2. The molecule has 0 aromatic carbocycles. The van der Waals surface area contributed by atoms with Crippen molar-refractivity contribution in [2.45, 2.75) is 25.6 Å². The van der Waals surface area contributed by atoms with Crippen LogP contribution in [0.1, 0.15) is 6.92 Å². The Bertz CT molecular complexity index is 174. The van der Waals surface area contributed by atoms with E-state index in [9.17, 15) is 8.78 Å². The molecule has 2 rings (SSSR count). The highest BCUT2D eigenvalue weighted by atomic mass is 19.3. The molecule has 0 bridgehead atoms. The molecule has 0 aromatic heterocycles. The molecule has 0 aliphatic carbocycles. The summed E-state index contributed by atoms with van der Waals surface area (Å²) < 4.78 is 35.2. The first-order chi connectivity index (χ1) is 5.70. The van der Waals surface area contributed by atoms with Crippen LogP contribution in [-0.4, -0.2) is 31.8 Å². The Balaban J connectivity index is 2.05. The Hall–Kier alpha value is -0.220. The second-order valence-electron chi connectivity index (χ2n) is 3.57. The Morgan fingerprint density at radius 1 is 1.17 bits per heavy atom. The van der Waals surface area contributed by atoms with Crippen LogP contribution in [0.2, 0.25) is 0 Å². The fourth-order valence-corrected chi connectivity index (χ4v) is 1.94. The molecule has 2 nitrogen and oxygen atoms in total. The van der Waals surface area contributed by atoms with Crippen LogP contribution in [-0.2, 0) is 9.47 Å². The molecule has 4 atom stereocenters. The van der Waals surface area contributed by atoms with Gasteiger partial charge in [0.1, 0.15) is 0 Å². The second-order valence-corrected chi connectivity index (χ2v) is 3.57. The molecule has 12 heavy (non-hydrogen) atoms. The van der Waals surface area contributed by atoms with Gasteiger partial charge in [-0.1, -0.05) is 6.92 Å². The highest BCUT2D eigenvalue weighted by Crippen LogP contribution is 2.36. The maximum atomic E-state index is 12.3. The Labute approximate surface area is 69.8 Å². The van der Waals surface area contributed by atoms with Crippen molar-refractivity contribution in [3.05, 3.63) is 0 Å². The number of halogens is 2. The SMILES string of the molecule is C[C@@H]1CO[C@H]2[C@@H]1OC[C@H]2C(F)F. The molecule has 0 amide bonds. The fourth-order valence-electron chi connectivity index (χ4n) is 1.94. The van der Waals surface area contributed by atoms with Crippen molar-refractivity contribution >= 4 is 0 Å². The normalized spacial score (nSPS) is 47.0. The summed E-state index contributed by atoms with van der Waals surface area (Å²) in [5, 5.41) is 0. The lowest BCUT2D eigenvalue weighted by molar-refractivity contribution is -0.00612. The van der Waals surface area contributed by atoms with Crippen LogP contribution in [0, 0.1) is 11.8 Å². The van der Waals surface area contributed by atoms with Gasteiger partial charge in [0.15, 0.2) is 0 Å². The van der Waals surface area contributed by atoms with Gasteiger partial charge < -0.3 is 9.47 Å². The maximum absolute atomic E-state index is 12.3. The van der Waals surface area contributed by atoms with Crippen molar-refractivity contribution in [2.24, 2.45) is 11.8 Å². The Morgan fingerprint density at radius 2 is 1.83 bits per heavy atom. The molecule has 2 saturated heterocycles. The number of alkyl halides is 2. The van der Waals surface area contributed by atoms with Crippen LogP contribution in [0.5, 0.6) is 0 Å². The van der Waals surface area contributed by atoms with Crippen molar-refractivity contribution in [1.82, 2.24) is 0 Å². The number of hydrogen-bond donors (Lipinski definition) is 0. The van der Waals surface area contributed by atoms with Crippen LogP contribution in [0.25, 0.3) is 0 Å². The Morgan fingerprint density at radius 3 is 2.50 bits per heavy atom. The largest absolute Gasteiger partial charge is 0.375 e. The van der Waals surface area contributed by atoms with E-state index in [1.165, 1.54) is 0 Å². The molecule has 0 N–H and O–H groups in total. The third-order valence-electron chi connectivity index (χ3n) is 2.66. The number of rotatable bonds is 1. The third-order valence-corrected chi connectivity index (χ3v) is 2.66. The second kappa shape index (κ2) is 2.92. The zero-order valence-corrected chi connectivity index (χ0v) is 6.87. The van der Waals surface area contributed by atoms with Crippen molar-refractivity contribution in [3.8, 4) is 0 Å². The molecule has 2 heterocycles. The summed E-state index contributed by atoms with van der Waals surface area (Å²) in [5.41, 5.74) is 0. The smallest absolute Gasteiger partial charge is 0.246 e. The van der Waals surface area contributed by atoms with Gasteiger partial charge in [0, 0.05) is 5.92 Å². The van der Waals surface area contributed by atoms with E-state index in [2.05, 4.69) is 0 Å². The lowest BCUT2D eigenvalue weighted by Gasteiger charge is -2.14. The monoisotopic (exact) mass is 178 g/mol. The van der Waals surface area contributed by atoms with E-state index < -0.39 is 12.3 Å². The van der Waals surface area contributed by atoms with Gasteiger partial charge in [0.05, 0.1) is 31.3 Å². The molecule has 2 aliphatic heterocycles. The van der Waals surface area contributed by atoms with Crippen molar-refractivity contribution in [2.75, 3.05) is 13.2 Å². The summed E-state index contributed by atoms with van der Waals surface area (Å²) in [6, 6.07) is 0. The molecule has 0 saturated carbocycles. The van der Waals surface area contributed by atoms with Crippen LogP contribution in [0.4, 0.5) is 8.78 Å². The lowest BCUT2D eigenvalue weighted by Crippen LogP contribution is -2.29. The summed E-state index contributed by atoms with van der Waals surface area (Å²) in [4.78, 5) is 0. The minimum Gasteiger partial charge on any atom is -0.375 e. The summed E-state index contributed by atoms with van der Waals surface area (Å²) in [7, 11) is 0. The molecule has 2 fully saturated rings. The van der Waals surface area contributed by atoms with Gasteiger partial charge in [-0.2, -0.15) is 0 Å². The quantitative estimate of drug-likeness (QED) is 0.602. The van der Waals surface area contributed by atoms with E-state index in [4.69, 9.17) is 9.47 Å². The predicted molar refractivity (Wildman–Crippen MR) is 38.1 cm³/mol. The van der Waals surface area contributed by atoms with E-state index >= 15 is 0 Å². The number of hydrogen-bond acceptors (Lipinski definition) is 2. The van der Waals surface area contributed by atoms with Gasteiger partial charge in [-0.25, -0.2) is 8.78 Å². The predicted octanol–water partition coefficient (Wildman–Crippen LogP) is 1.30. The molecule has 0 unspecified atom stereocenters. The van der Waals surface area contributed by atoms with Crippen LogP contribution < -0.4 is 0 Å². The highest BCUT2D eigenvalue weighted by Gasteiger charge is 2.49. The van der Waals surface area contributed by atoms with Crippen LogP contribution in [0.15, 0.2) is 0 Å². The van der Waals surface area contributed by atoms with Gasteiger partial charge in [0.25, 0.3) is 0 Å². The van der Waals surface area contributed by atoms with Gasteiger partial charge in [-0.3, -0.25) is 0 Å². The minimum atomic E-state index is -2.31. The zero-order chi connectivity index (χ0) is 8.72. The fraction of sp³-hybridized carbons (Fsp3) is 1.00. The first kappa shape index (κ1) is 8.38. The first-order valence-electron chi connectivity index (χ1n) is 4.21. The average molecular weight is 178 g/mol. The maximum Gasteiger partial charge on any atom is 0.246 e. The summed E-state index contributed by atoms with van der Waals surface area (Å²) in [5.74, 6) is -0.446. The van der Waals surface area contributed by atoms with E-state index in [-0.39, 0.29) is 24.7 Å². The number of fused-ring (bicyclic) bond motifs is 1. The van der Waals surface area contributed by atoms with Crippen molar-refractivity contribution in [3.63, 3.8) is 0 Å².